The Bertz CT molecular complexity index is 1420. The third kappa shape index (κ3) is 5.59. The average Bonchev–Trinajstić information content (AvgIpc) is 3.34. The van der Waals surface area contributed by atoms with Gasteiger partial charge in [0.25, 0.3) is 0 Å². The fraction of sp³-hybridized carbons (Fsp3) is 0.321. The van der Waals surface area contributed by atoms with Gasteiger partial charge < -0.3 is 14.8 Å². The molecule has 38 heavy (non-hydrogen) atoms. The number of para-hydroxylation sites is 1. The van der Waals surface area contributed by atoms with Crippen LogP contribution in [0.25, 0.3) is 11.0 Å². The Hall–Kier alpha value is -4.47. The van der Waals surface area contributed by atoms with Crippen molar-refractivity contribution in [2.24, 2.45) is 0 Å². The molecule has 0 unspecified atom stereocenters. The van der Waals surface area contributed by atoms with Gasteiger partial charge in [-0.25, -0.2) is 4.68 Å². The smallest absolute Gasteiger partial charge is 0.249 e. The van der Waals surface area contributed by atoms with E-state index in [1.54, 1.807) is 49.8 Å². The average molecular weight is 517 g/mol. The zero-order chi connectivity index (χ0) is 27.3. The number of aromatic nitrogens is 4. The highest BCUT2D eigenvalue weighted by Gasteiger charge is 2.36. The predicted molar refractivity (Wildman–Crippen MR) is 144 cm³/mol. The minimum Gasteiger partial charge on any atom is -0.497 e. The van der Waals surface area contributed by atoms with Crippen LogP contribution >= 0.6 is 0 Å². The summed E-state index contributed by atoms with van der Waals surface area (Å²) in [6.45, 7) is 5.72. The summed E-state index contributed by atoms with van der Waals surface area (Å²) in [5.74, 6) is 0.216. The summed E-state index contributed by atoms with van der Waals surface area (Å²) >= 11 is 0. The van der Waals surface area contributed by atoms with Crippen molar-refractivity contribution in [1.29, 1.82) is 0 Å². The van der Waals surface area contributed by atoms with Crippen LogP contribution in [-0.2, 0) is 16.1 Å². The number of amides is 2. The maximum atomic E-state index is 14.2. The van der Waals surface area contributed by atoms with Gasteiger partial charge in [-0.05, 0) is 62.2 Å². The summed E-state index contributed by atoms with van der Waals surface area (Å²) in [6.07, 6.45) is 3.89. The van der Waals surface area contributed by atoms with Gasteiger partial charge in [-0.3, -0.25) is 19.5 Å². The summed E-state index contributed by atoms with van der Waals surface area (Å²) in [5.41, 5.74) is 1.89. The van der Waals surface area contributed by atoms with Crippen molar-refractivity contribution >= 4 is 28.5 Å². The van der Waals surface area contributed by atoms with E-state index in [4.69, 9.17) is 9.47 Å². The molecular formula is C28H32N6O4. The van der Waals surface area contributed by atoms with E-state index >= 15 is 0 Å². The van der Waals surface area contributed by atoms with Crippen LogP contribution < -0.4 is 19.7 Å². The van der Waals surface area contributed by atoms with Crippen LogP contribution in [0.3, 0.4) is 0 Å². The van der Waals surface area contributed by atoms with Gasteiger partial charge in [0.15, 0.2) is 0 Å². The van der Waals surface area contributed by atoms with Crippen LogP contribution in [0.1, 0.15) is 38.8 Å². The molecule has 0 spiro atoms. The molecule has 4 aromatic rings. The van der Waals surface area contributed by atoms with Crippen molar-refractivity contribution in [3.8, 4) is 11.5 Å². The lowest BCUT2D eigenvalue weighted by Crippen LogP contribution is -2.51. The topological polar surface area (TPSA) is 111 Å². The zero-order valence-electron chi connectivity index (χ0n) is 22.2. The molecule has 0 bridgehead atoms. The Morgan fingerprint density at radius 3 is 2.47 bits per heavy atom. The first-order valence-corrected chi connectivity index (χ1v) is 12.3. The molecule has 4 rings (SSSR count). The lowest BCUT2D eigenvalue weighted by molar-refractivity contribution is -0.128. The van der Waals surface area contributed by atoms with E-state index in [9.17, 15) is 9.59 Å². The third-order valence-corrected chi connectivity index (χ3v) is 6.49. The maximum Gasteiger partial charge on any atom is 0.249 e. The number of rotatable bonds is 10. The number of pyridine rings is 1. The molecule has 0 fully saturated rings. The van der Waals surface area contributed by atoms with E-state index in [2.05, 4.69) is 20.6 Å². The van der Waals surface area contributed by atoms with Crippen molar-refractivity contribution in [3.63, 3.8) is 0 Å². The number of hydrogen-bond acceptors (Lipinski definition) is 7. The van der Waals surface area contributed by atoms with Gasteiger partial charge in [-0.15, -0.1) is 5.10 Å². The monoisotopic (exact) mass is 516 g/mol. The molecule has 0 radical (unpaired) electrons. The van der Waals surface area contributed by atoms with Crippen molar-refractivity contribution in [1.82, 2.24) is 25.3 Å². The number of carbonyl (C=O) groups is 2. The number of nitrogens with one attached hydrogen (secondary N) is 1. The molecule has 2 heterocycles. The molecule has 1 atom stereocenters. The van der Waals surface area contributed by atoms with E-state index in [0.29, 0.717) is 40.2 Å². The maximum absolute atomic E-state index is 14.2. The number of nitrogens with zero attached hydrogens (tertiary/aromatic N) is 5. The van der Waals surface area contributed by atoms with Crippen LogP contribution in [0.2, 0.25) is 0 Å². The molecular weight excluding hydrogens is 484 g/mol. The Labute approximate surface area is 221 Å². The third-order valence-electron chi connectivity index (χ3n) is 6.49. The van der Waals surface area contributed by atoms with Gasteiger partial charge in [0.2, 0.25) is 11.8 Å². The highest BCUT2D eigenvalue weighted by atomic mass is 16.5. The van der Waals surface area contributed by atoms with Crippen molar-refractivity contribution in [2.75, 3.05) is 19.1 Å². The van der Waals surface area contributed by atoms with E-state index in [0.717, 1.165) is 0 Å². The van der Waals surface area contributed by atoms with E-state index in [1.165, 1.54) is 16.7 Å². The normalized spacial score (nSPS) is 12.1. The molecule has 198 valence electrons. The molecule has 2 aromatic carbocycles. The van der Waals surface area contributed by atoms with Crippen LogP contribution in [0.4, 0.5) is 5.69 Å². The quantitative estimate of drug-likeness (QED) is 0.340. The van der Waals surface area contributed by atoms with Gasteiger partial charge in [0.1, 0.15) is 29.6 Å². The fourth-order valence-electron chi connectivity index (χ4n) is 4.09. The van der Waals surface area contributed by atoms with Crippen molar-refractivity contribution in [2.45, 2.75) is 45.3 Å². The van der Waals surface area contributed by atoms with E-state index in [1.807, 2.05) is 45.0 Å². The molecule has 0 aliphatic rings. The Balaban J connectivity index is 1.87. The molecule has 0 saturated heterocycles. The number of benzene rings is 2. The van der Waals surface area contributed by atoms with Gasteiger partial charge in [0, 0.05) is 24.0 Å². The molecule has 2 amide bonds. The van der Waals surface area contributed by atoms with Crippen molar-refractivity contribution in [3.05, 3.63) is 72.6 Å². The summed E-state index contributed by atoms with van der Waals surface area (Å²) in [4.78, 5) is 33.7. The van der Waals surface area contributed by atoms with Gasteiger partial charge in [-0.1, -0.05) is 24.3 Å². The standard InChI is InChI=1S/C28H32N6O4/c1-6-28(2,3)30-27(36)26(19-13-15-29-16-14-19)34(23-12-11-20(37-4)17-24(23)38-5)25(35)18-33-22-10-8-7-9-21(22)31-32-33/h7-17,26H,6,18H2,1-5H3,(H,30,36)/t26-/m0/s1. The number of anilines is 1. The number of hydrogen-bond donors (Lipinski definition) is 1. The SMILES string of the molecule is CCC(C)(C)NC(=O)[C@H](c1ccncc1)N(C(=O)Cn1nnc2ccccc21)c1ccc(OC)cc1OC. The summed E-state index contributed by atoms with van der Waals surface area (Å²) < 4.78 is 12.6. The summed E-state index contributed by atoms with van der Waals surface area (Å²) in [6, 6.07) is 14.9. The second-order valence-corrected chi connectivity index (χ2v) is 9.45. The first-order valence-electron chi connectivity index (χ1n) is 12.3. The van der Waals surface area contributed by atoms with Crippen molar-refractivity contribution < 1.29 is 19.1 Å². The van der Waals surface area contributed by atoms with Crippen LogP contribution in [0.5, 0.6) is 11.5 Å². The number of methoxy groups -OCH3 is 2. The molecule has 0 aliphatic heterocycles. The zero-order valence-corrected chi connectivity index (χ0v) is 22.2. The predicted octanol–water partition coefficient (Wildman–Crippen LogP) is 3.92. The van der Waals surface area contributed by atoms with Crippen LogP contribution in [0.15, 0.2) is 67.0 Å². The lowest BCUT2D eigenvalue weighted by atomic mass is 9.98. The molecule has 10 nitrogen and oxygen atoms in total. The Morgan fingerprint density at radius 1 is 1.05 bits per heavy atom. The molecule has 0 aliphatic carbocycles. The lowest BCUT2D eigenvalue weighted by Gasteiger charge is -2.35. The molecule has 0 saturated carbocycles. The minimum atomic E-state index is -1.02. The first-order chi connectivity index (χ1) is 18.3. The fourth-order valence-corrected chi connectivity index (χ4v) is 4.09. The summed E-state index contributed by atoms with van der Waals surface area (Å²) in [7, 11) is 3.06. The molecule has 1 N–H and O–H groups in total. The summed E-state index contributed by atoms with van der Waals surface area (Å²) in [5, 5.41) is 11.5. The van der Waals surface area contributed by atoms with Gasteiger partial charge >= 0.3 is 0 Å². The first kappa shape index (κ1) is 26.6. The second kappa shape index (κ2) is 11.3. The van der Waals surface area contributed by atoms with Crippen LogP contribution in [-0.4, -0.2) is 51.6 Å². The van der Waals surface area contributed by atoms with E-state index < -0.39 is 11.6 Å². The van der Waals surface area contributed by atoms with Gasteiger partial charge in [-0.2, -0.15) is 0 Å². The number of ether oxygens (including phenoxy) is 2. The number of fused-ring (bicyclic) bond motifs is 1. The highest BCUT2D eigenvalue weighted by Crippen LogP contribution is 2.38. The van der Waals surface area contributed by atoms with E-state index in [-0.39, 0.29) is 18.4 Å². The highest BCUT2D eigenvalue weighted by molar-refractivity contribution is 6.02. The van der Waals surface area contributed by atoms with Crippen LogP contribution in [0, 0.1) is 0 Å². The Kier molecular flexibility index (Phi) is 7.90. The molecule has 10 heteroatoms. The second-order valence-electron chi connectivity index (χ2n) is 9.45. The molecule has 2 aromatic heterocycles. The number of carbonyl (C=O) groups excluding carboxylic acids is 2. The largest absolute Gasteiger partial charge is 0.497 e. The minimum absolute atomic E-state index is 0.151. The van der Waals surface area contributed by atoms with Gasteiger partial charge in [0.05, 0.1) is 25.4 Å². The Morgan fingerprint density at radius 2 is 1.79 bits per heavy atom.